The number of rotatable bonds is 9. The lowest BCUT2D eigenvalue weighted by molar-refractivity contribution is 0.0990. The first-order valence-electron chi connectivity index (χ1n) is 10.6. The second-order valence-electron chi connectivity index (χ2n) is 7.31. The van der Waals surface area contributed by atoms with Gasteiger partial charge in [0.25, 0.3) is 11.8 Å². The minimum Gasteiger partial charge on any atom is -0.494 e. The van der Waals surface area contributed by atoms with Gasteiger partial charge >= 0.3 is 0 Å². The van der Waals surface area contributed by atoms with Crippen LogP contribution in [-0.4, -0.2) is 25.5 Å². The first-order valence-corrected chi connectivity index (χ1v) is 10.6. The van der Waals surface area contributed by atoms with Gasteiger partial charge in [-0.15, -0.1) is 0 Å². The molecule has 31 heavy (non-hydrogen) atoms. The van der Waals surface area contributed by atoms with Gasteiger partial charge in [-0.3, -0.25) is 9.59 Å². The molecule has 0 spiro atoms. The fourth-order valence-electron chi connectivity index (χ4n) is 3.14. The van der Waals surface area contributed by atoms with Crippen LogP contribution in [0.5, 0.6) is 5.75 Å². The van der Waals surface area contributed by atoms with Crippen molar-refractivity contribution in [3.8, 4) is 5.75 Å². The van der Waals surface area contributed by atoms with Gasteiger partial charge in [-0.25, -0.2) is 0 Å². The highest BCUT2D eigenvalue weighted by Gasteiger charge is 2.14. The number of unbranched alkanes of at least 4 members (excludes halogenated alkanes) is 2. The summed E-state index contributed by atoms with van der Waals surface area (Å²) in [4.78, 5) is 27.0. The van der Waals surface area contributed by atoms with Crippen LogP contribution in [0.3, 0.4) is 0 Å². The minimum atomic E-state index is -0.237. The molecule has 160 valence electrons. The summed E-state index contributed by atoms with van der Waals surface area (Å²) in [6.45, 7) is 2.83. The van der Waals surface area contributed by atoms with Crippen molar-refractivity contribution in [3.05, 3.63) is 90.0 Å². The summed E-state index contributed by atoms with van der Waals surface area (Å²) in [5.74, 6) is 0.370. The molecule has 0 saturated carbocycles. The van der Waals surface area contributed by atoms with Crippen LogP contribution < -0.4 is 15.0 Å². The molecule has 0 aliphatic rings. The van der Waals surface area contributed by atoms with Crippen molar-refractivity contribution in [1.29, 1.82) is 0 Å². The molecule has 0 radical (unpaired) electrons. The third-order valence-corrected chi connectivity index (χ3v) is 4.95. The van der Waals surface area contributed by atoms with Gasteiger partial charge in [-0.05, 0) is 61.0 Å². The molecular weight excluding hydrogens is 388 g/mol. The van der Waals surface area contributed by atoms with E-state index in [9.17, 15) is 9.59 Å². The Balaban J connectivity index is 1.62. The SMILES string of the molecule is CCCCCOc1ccc(C(=O)Nc2cccc(C(=O)N(C)c3ccccc3)c2)cc1. The van der Waals surface area contributed by atoms with Crippen molar-refractivity contribution in [1.82, 2.24) is 0 Å². The highest BCUT2D eigenvalue weighted by Crippen LogP contribution is 2.19. The Morgan fingerprint density at radius 3 is 2.32 bits per heavy atom. The fourth-order valence-corrected chi connectivity index (χ4v) is 3.14. The van der Waals surface area contributed by atoms with E-state index in [-0.39, 0.29) is 11.8 Å². The zero-order valence-corrected chi connectivity index (χ0v) is 18.0. The van der Waals surface area contributed by atoms with Crippen LogP contribution >= 0.6 is 0 Å². The van der Waals surface area contributed by atoms with Crippen molar-refractivity contribution >= 4 is 23.2 Å². The lowest BCUT2D eigenvalue weighted by Gasteiger charge is -2.17. The normalized spacial score (nSPS) is 10.4. The quantitative estimate of drug-likeness (QED) is 0.450. The Hall–Kier alpha value is -3.60. The Labute approximate surface area is 183 Å². The van der Waals surface area contributed by atoms with E-state index in [1.807, 2.05) is 30.3 Å². The molecule has 0 fully saturated rings. The van der Waals surface area contributed by atoms with Gasteiger partial charge in [0.05, 0.1) is 6.61 Å². The topological polar surface area (TPSA) is 58.6 Å². The molecule has 0 heterocycles. The van der Waals surface area contributed by atoms with Crippen LogP contribution in [0.4, 0.5) is 11.4 Å². The number of hydrogen-bond acceptors (Lipinski definition) is 3. The number of carbonyl (C=O) groups is 2. The number of nitrogens with zero attached hydrogens (tertiary/aromatic N) is 1. The van der Waals surface area contributed by atoms with Crippen molar-refractivity contribution in [2.45, 2.75) is 26.2 Å². The van der Waals surface area contributed by atoms with E-state index in [1.54, 1.807) is 60.5 Å². The third kappa shape index (κ3) is 6.19. The van der Waals surface area contributed by atoms with Gasteiger partial charge in [-0.1, -0.05) is 44.0 Å². The monoisotopic (exact) mass is 416 g/mol. The summed E-state index contributed by atoms with van der Waals surface area (Å²) >= 11 is 0. The second kappa shape index (κ2) is 11.0. The predicted octanol–water partition coefficient (Wildman–Crippen LogP) is 5.78. The standard InChI is InChI=1S/C26H28N2O3/c1-3-4-8-18-31-24-16-14-20(15-17-24)25(29)27-22-11-9-10-21(19-22)26(30)28(2)23-12-6-5-7-13-23/h5-7,9-17,19H,3-4,8,18H2,1-2H3,(H,27,29). The number of anilines is 2. The molecule has 3 aromatic carbocycles. The fraction of sp³-hybridized carbons (Fsp3) is 0.231. The van der Waals surface area contributed by atoms with Crippen molar-refractivity contribution < 1.29 is 14.3 Å². The van der Waals surface area contributed by atoms with Crippen molar-refractivity contribution in [2.24, 2.45) is 0 Å². The number of nitrogens with one attached hydrogen (secondary N) is 1. The molecule has 5 heteroatoms. The Morgan fingerprint density at radius 2 is 1.61 bits per heavy atom. The van der Waals surface area contributed by atoms with Gasteiger partial charge in [0, 0.05) is 29.5 Å². The smallest absolute Gasteiger partial charge is 0.258 e. The van der Waals surface area contributed by atoms with Crippen LogP contribution in [0.1, 0.15) is 46.9 Å². The molecule has 0 aromatic heterocycles. The first kappa shape index (κ1) is 22.1. The Morgan fingerprint density at radius 1 is 0.871 bits per heavy atom. The number of para-hydroxylation sites is 1. The maximum atomic E-state index is 12.8. The van der Waals surface area contributed by atoms with Gasteiger partial charge in [0.1, 0.15) is 5.75 Å². The molecule has 5 nitrogen and oxygen atoms in total. The zero-order chi connectivity index (χ0) is 22.1. The Bertz CT molecular complexity index is 1000. The third-order valence-electron chi connectivity index (χ3n) is 4.95. The predicted molar refractivity (Wildman–Crippen MR) is 125 cm³/mol. The van der Waals surface area contributed by atoms with Crippen molar-refractivity contribution in [2.75, 3.05) is 23.9 Å². The van der Waals surface area contributed by atoms with E-state index in [0.717, 1.165) is 30.7 Å². The van der Waals surface area contributed by atoms with E-state index in [0.29, 0.717) is 23.4 Å². The van der Waals surface area contributed by atoms with Crippen LogP contribution in [0.15, 0.2) is 78.9 Å². The summed E-state index contributed by atoms with van der Waals surface area (Å²) < 4.78 is 5.69. The number of hydrogen-bond donors (Lipinski definition) is 1. The van der Waals surface area contributed by atoms with Gasteiger partial charge in [0.2, 0.25) is 0 Å². The summed E-state index contributed by atoms with van der Waals surface area (Å²) in [7, 11) is 1.73. The molecule has 0 unspecified atom stereocenters. The summed E-state index contributed by atoms with van der Waals surface area (Å²) in [5, 5.41) is 2.86. The maximum absolute atomic E-state index is 12.8. The molecule has 2 amide bonds. The lowest BCUT2D eigenvalue weighted by Crippen LogP contribution is -2.26. The summed E-state index contributed by atoms with van der Waals surface area (Å²) in [5.41, 5.74) is 2.40. The van der Waals surface area contributed by atoms with E-state index in [4.69, 9.17) is 4.74 Å². The van der Waals surface area contributed by atoms with E-state index in [1.165, 1.54) is 0 Å². The van der Waals surface area contributed by atoms with Crippen LogP contribution in [0.25, 0.3) is 0 Å². The highest BCUT2D eigenvalue weighted by molar-refractivity contribution is 6.08. The summed E-state index contributed by atoms with van der Waals surface area (Å²) in [6.07, 6.45) is 3.31. The van der Waals surface area contributed by atoms with Crippen LogP contribution in [-0.2, 0) is 0 Å². The molecule has 0 aliphatic carbocycles. The second-order valence-corrected chi connectivity index (χ2v) is 7.31. The van der Waals surface area contributed by atoms with Gasteiger partial charge in [-0.2, -0.15) is 0 Å². The average Bonchev–Trinajstić information content (AvgIpc) is 2.82. The molecule has 0 bridgehead atoms. The lowest BCUT2D eigenvalue weighted by atomic mass is 10.1. The molecule has 1 N–H and O–H groups in total. The van der Waals surface area contributed by atoms with Gasteiger partial charge < -0.3 is 15.0 Å². The van der Waals surface area contributed by atoms with Crippen LogP contribution in [0, 0.1) is 0 Å². The highest BCUT2D eigenvalue weighted by atomic mass is 16.5. The molecule has 3 rings (SSSR count). The molecule has 3 aromatic rings. The van der Waals surface area contributed by atoms with Crippen molar-refractivity contribution in [3.63, 3.8) is 0 Å². The van der Waals surface area contributed by atoms with E-state index < -0.39 is 0 Å². The molecule has 0 aliphatic heterocycles. The zero-order valence-electron chi connectivity index (χ0n) is 18.0. The largest absolute Gasteiger partial charge is 0.494 e. The number of amides is 2. The summed E-state index contributed by atoms with van der Waals surface area (Å²) in [6, 6.07) is 23.5. The van der Waals surface area contributed by atoms with E-state index >= 15 is 0 Å². The number of benzene rings is 3. The number of carbonyl (C=O) groups excluding carboxylic acids is 2. The van der Waals surface area contributed by atoms with E-state index in [2.05, 4.69) is 12.2 Å². The molecular formula is C26H28N2O3. The number of ether oxygens (including phenoxy) is 1. The average molecular weight is 417 g/mol. The molecule has 0 saturated heterocycles. The molecule has 0 atom stereocenters. The van der Waals surface area contributed by atoms with Crippen LogP contribution in [0.2, 0.25) is 0 Å². The first-order chi connectivity index (χ1) is 15.1. The van der Waals surface area contributed by atoms with Gasteiger partial charge in [0.15, 0.2) is 0 Å². The Kier molecular flexibility index (Phi) is 7.82. The minimum absolute atomic E-state index is 0.146. The maximum Gasteiger partial charge on any atom is 0.258 e.